The van der Waals surface area contributed by atoms with E-state index in [-0.39, 0.29) is 0 Å². The Morgan fingerprint density at radius 3 is 2.94 bits per heavy atom. The van der Waals surface area contributed by atoms with E-state index in [4.69, 9.17) is 11.6 Å². The predicted molar refractivity (Wildman–Crippen MR) is 77.1 cm³/mol. The highest BCUT2D eigenvalue weighted by Crippen LogP contribution is 2.26. The average Bonchev–Trinajstić information content (AvgIpc) is 2.96. The lowest BCUT2D eigenvalue weighted by Gasteiger charge is -2.23. The molecular formula is C14H22ClNS. The van der Waals surface area contributed by atoms with E-state index in [0.29, 0.717) is 0 Å². The monoisotopic (exact) mass is 271 g/mol. The van der Waals surface area contributed by atoms with Crippen molar-refractivity contribution >= 4 is 22.9 Å². The van der Waals surface area contributed by atoms with Gasteiger partial charge >= 0.3 is 0 Å². The summed E-state index contributed by atoms with van der Waals surface area (Å²) in [4.78, 5) is 5.69. The summed E-state index contributed by atoms with van der Waals surface area (Å²) in [7, 11) is 0. The second kappa shape index (κ2) is 6.77. The summed E-state index contributed by atoms with van der Waals surface area (Å²) in [6, 6.07) is 5.37. The first-order chi connectivity index (χ1) is 8.33. The summed E-state index contributed by atoms with van der Waals surface area (Å²) in [6.45, 7) is 4.65. The molecule has 0 amide bonds. The second-order valence-corrected chi connectivity index (χ2v) is 6.45. The van der Waals surface area contributed by atoms with Crippen LogP contribution in [0.2, 0.25) is 0 Å². The van der Waals surface area contributed by atoms with Gasteiger partial charge in [0, 0.05) is 28.2 Å². The SMILES string of the molecule is CCc1ccc(CN2CCCC2CCCCl)s1. The number of likely N-dealkylation sites (tertiary alicyclic amines) is 1. The number of hydrogen-bond donors (Lipinski definition) is 0. The molecule has 17 heavy (non-hydrogen) atoms. The molecule has 0 aliphatic carbocycles. The minimum absolute atomic E-state index is 0.779. The first-order valence-electron chi connectivity index (χ1n) is 6.71. The van der Waals surface area contributed by atoms with Crippen molar-refractivity contribution < 1.29 is 0 Å². The Balaban J connectivity index is 1.88. The highest BCUT2D eigenvalue weighted by atomic mass is 35.5. The van der Waals surface area contributed by atoms with Crippen LogP contribution in [-0.2, 0) is 13.0 Å². The van der Waals surface area contributed by atoms with Crippen molar-refractivity contribution in [1.29, 1.82) is 0 Å². The molecule has 0 aromatic carbocycles. The molecule has 0 bridgehead atoms. The zero-order valence-electron chi connectivity index (χ0n) is 10.6. The van der Waals surface area contributed by atoms with E-state index in [1.54, 1.807) is 0 Å². The van der Waals surface area contributed by atoms with Crippen LogP contribution < -0.4 is 0 Å². The van der Waals surface area contributed by atoms with Crippen molar-refractivity contribution in [3.63, 3.8) is 0 Å². The Bertz CT molecular complexity index is 337. The summed E-state index contributed by atoms with van der Waals surface area (Å²) in [5.41, 5.74) is 0. The molecule has 1 unspecified atom stereocenters. The molecule has 1 atom stereocenters. The van der Waals surface area contributed by atoms with Gasteiger partial charge in [0.15, 0.2) is 0 Å². The van der Waals surface area contributed by atoms with Gasteiger partial charge < -0.3 is 0 Å². The maximum absolute atomic E-state index is 5.79. The van der Waals surface area contributed by atoms with Crippen LogP contribution in [0.1, 0.15) is 42.4 Å². The molecule has 1 nitrogen and oxygen atoms in total. The molecule has 1 saturated heterocycles. The average molecular weight is 272 g/mol. The van der Waals surface area contributed by atoms with Gasteiger partial charge in [-0.1, -0.05) is 6.92 Å². The molecule has 0 radical (unpaired) electrons. The smallest absolute Gasteiger partial charge is 0.0330 e. The highest BCUT2D eigenvalue weighted by molar-refractivity contribution is 7.11. The summed E-state index contributed by atoms with van der Waals surface area (Å²) in [5, 5.41) is 0. The molecule has 0 N–H and O–H groups in total. The summed E-state index contributed by atoms with van der Waals surface area (Å²) in [6.07, 6.45) is 6.32. The van der Waals surface area contributed by atoms with E-state index < -0.39 is 0 Å². The Labute approximate surface area is 114 Å². The largest absolute Gasteiger partial charge is 0.295 e. The number of rotatable bonds is 6. The lowest BCUT2D eigenvalue weighted by atomic mass is 10.1. The van der Waals surface area contributed by atoms with E-state index in [2.05, 4.69) is 24.0 Å². The number of hydrogen-bond acceptors (Lipinski definition) is 2. The molecule has 2 heterocycles. The second-order valence-electron chi connectivity index (χ2n) is 4.82. The van der Waals surface area contributed by atoms with Crippen LogP contribution in [0.5, 0.6) is 0 Å². The minimum atomic E-state index is 0.779. The van der Waals surface area contributed by atoms with Crippen molar-refractivity contribution in [2.24, 2.45) is 0 Å². The fourth-order valence-electron chi connectivity index (χ4n) is 2.64. The van der Waals surface area contributed by atoms with Crippen molar-refractivity contribution in [3.8, 4) is 0 Å². The van der Waals surface area contributed by atoms with Crippen molar-refractivity contribution in [2.75, 3.05) is 12.4 Å². The van der Waals surface area contributed by atoms with Crippen molar-refractivity contribution in [2.45, 2.75) is 51.6 Å². The molecule has 1 aliphatic rings. The molecule has 1 aromatic rings. The first kappa shape index (κ1) is 13.4. The zero-order chi connectivity index (χ0) is 12.1. The first-order valence-corrected chi connectivity index (χ1v) is 8.06. The van der Waals surface area contributed by atoms with Gasteiger partial charge in [0.25, 0.3) is 0 Å². The summed E-state index contributed by atoms with van der Waals surface area (Å²) < 4.78 is 0. The molecular weight excluding hydrogens is 250 g/mol. The van der Waals surface area contributed by atoms with Gasteiger partial charge in [0.1, 0.15) is 0 Å². The van der Waals surface area contributed by atoms with Crippen LogP contribution in [0.15, 0.2) is 12.1 Å². The number of nitrogens with zero attached hydrogens (tertiary/aromatic N) is 1. The van der Waals surface area contributed by atoms with Crippen molar-refractivity contribution in [1.82, 2.24) is 4.90 Å². The third-order valence-electron chi connectivity index (χ3n) is 3.59. The van der Waals surface area contributed by atoms with E-state index >= 15 is 0 Å². The molecule has 0 spiro atoms. The fourth-order valence-corrected chi connectivity index (χ4v) is 3.78. The fraction of sp³-hybridized carbons (Fsp3) is 0.714. The van der Waals surface area contributed by atoms with E-state index in [1.165, 1.54) is 42.0 Å². The maximum atomic E-state index is 5.79. The molecule has 1 aliphatic heterocycles. The molecule has 2 rings (SSSR count). The molecule has 0 saturated carbocycles. The van der Waals surface area contributed by atoms with Gasteiger partial charge in [-0.2, -0.15) is 0 Å². The summed E-state index contributed by atoms with van der Waals surface area (Å²) in [5.74, 6) is 0.809. The van der Waals surface area contributed by atoms with E-state index in [1.807, 2.05) is 11.3 Å². The van der Waals surface area contributed by atoms with Crippen LogP contribution >= 0.6 is 22.9 Å². The molecule has 1 fully saturated rings. The van der Waals surface area contributed by atoms with Gasteiger partial charge in [0.05, 0.1) is 0 Å². The highest BCUT2D eigenvalue weighted by Gasteiger charge is 2.24. The van der Waals surface area contributed by atoms with Crippen LogP contribution in [0.4, 0.5) is 0 Å². The molecule has 1 aromatic heterocycles. The molecule has 3 heteroatoms. The standard InChI is InChI=1S/C14H22ClNS/c1-2-13-7-8-14(17-13)11-16-10-4-6-12(16)5-3-9-15/h7-8,12H,2-6,9-11H2,1H3. The topological polar surface area (TPSA) is 3.24 Å². The Hall–Kier alpha value is -0.0500. The van der Waals surface area contributed by atoms with E-state index in [0.717, 1.165) is 24.9 Å². The number of halogens is 1. The van der Waals surface area contributed by atoms with Crippen LogP contribution in [-0.4, -0.2) is 23.4 Å². The van der Waals surface area contributed by atoms with Gasteiger partial charge in [-0.25, -0.2) is 0 Å². The van der Waals surface area contributed by atoms with Gasteiger partial charge in [0.2, 0.25) is 0 Å². The minimum Gasteiger partial charge on any atom is -0.295 e. The molecule has 96 valence electrons. The van der Waals surface area contributed by atoms with Crippen LogP contribution in [0.25, 0.3) is 0 Å². The van der Waals surface area contributed by atoms with Crippen molar-refractivity contribution in [3.05, 3.63) is 21.9 Å². The van der Waals surface area contributed by atoms with Gasteiger partial charge in [-0.05, 0) is 50.8 Å². The lowest BCUT2D eigenvalue weighted by Crippen LogP contribution is -2.28. The van der Waals surface area contributed by atoms with E-state index in [9.17, 15) is 0 Å². The number of aryl methyl sites for hydroxylation is 1. The Morgan fingerprint density at radius 1 is 1.41 bits per heavy atom. The van der Waals surface area contributed by atoms with Gasteiger partial charge in [-0.15, -0.1) is 22.9 Å². The normalized spacial score (nSPS) is 21.2. The maximum Gasteiger partial charge on any atom is 0.0330 e. The third kappa shape index (κ3) is 3.70. The quantitative estimate of drug-likeness (QED) is 0.698. The van der Waals surface area contributed by atoms with Crippen LogP contribution in [0, 0.1) is 0 Å². The zero-order valence-corrected chi connectivity index (χ0v) is 12.2. The van der Waals surface area contributed by atoms with Gasteiger partial charge in [-0.3, -0.25) is 4.90 Å². The Morgan fingerprint density at radius 2 is 2.24 bits per heavy atom. The summed E-state index contributed by atoms with van der Waals surface area (Å²) >= 11 is 7.77. The number of thiophene rings is 1. The Kier molecular flexibility index (Phi) is 5.33. The lowest BCUT2D eigenvalue weighted by molar-refractivity contribution is 0.236. The van der Waals surface area contributed by atoms with Crippen LogP contribution in [0.3, 0.4) is 0 Å². The third-order valence-corrected chi connectivity index (χ3v) is 5.08. The number of alkyl halides is 1. The predicted octanol–water partition coefficient (Wildman–Crippen LogP) is 4.29.